The van der Waals surface area contributed by atoms with Crippen LogP contribution >= 0.6 is 0 Å². The Balaban J connectivity index is 1.87. The molecule has 0 aliphatic carbocycles. The van der Waals surface area contributed by atoms with Crippen LogP contribution in [0.25, 0.3) is 44.0 Å². The topological polar surface area (TPSA) is 127 Å². The average Bonchev–Trinajstić information content (AvgIpc) is 3.21. The number of hydrogen-bond donors (Lipinski definition) is 1. The summed E-state index contributed by atoms with van der Waals surface area (Å²) in [5, 5.41) is 9.84. The van der Waals surface area contributed by atoms with E-state index in [1.54, 1.807) is 23.6 Å². The standard InChI is InChI=1S/C24H14F4N4O5S/c1-2-32-19-7-16(13-6-14(11-30-10-13)37-38(28,34)35)20(36-24(25,26)27)8-17(19)22(33)21-15-4-3-12(9-29)5-18(15)31-23(21)32/h3-8,10-11,31H,2H2,1H3. The average molecular weight is 546 g/mol. The normalized spacial score (nSPS) is 12.2. The van der Waals surface area contributed by atoms with E-state index in [1.807, 2.05) is 6.07 Å². The number of hydrogen-bond acceptors (Lipinski definition) is 7. The number of aromatic amines is 1. The van der Waals surface area contributed by atoms with Crippen molar-refractivity contribution in [1.82, 2.24) is 14.5 Å². The molecule has 5 rings (SSSR count). The fourth-order valence-electron chi connectivity index (χ4n) is 4.40. The molecule has 3 aromatic heterocycles. The van der Waals surface area contributed by atoms with Crippen LogP contribution in [0.5, 0.6) is 11.5 Å². The molecule has 0 radical (unpaired) electrons. The number of nitrogens with zero attached hydrogens (tertiary/aromatic N) is 3. The quantitative estimate of drug-likeness (QED) is 0.241. The molecule has 0 aliphatic rings. The van der Waals surface area contributed by atoms with Crippen LogP contribution in [0.4, 0.5) is 17.1 Å². The van der Waals surface area contributed by atoms with Crippen LogP contribution in [0.3, 0.4) is 0 Å². The maximum absolute atomic E-state index is 13.6. The third-order valence-corrected chi connectivity index (χ3v) is 6.19. The molecule has 0 amide bonds. The molecule has 3 heterocycles. The van der Waals surface area contributed by atoms with Crippen LogP contribution in [0.15, 0.2) is 53.6 Å². The number of fused-ring (bicyclic) bond motifs is 4. The number of nitriles is 1. The highest BCUT2D eigenvalue weighted by molar-refractivity contribution is 7.81. The van der Waals surface area contributed by atoms with Gasteiger partial charge in [-0.1, -0.05) is 9.95 Å². The Morgan fingerprint density at radius 1 is 1.13 bits per heavy atom. The van der Waals surface area contributed by atoms with Gasteiger partial charge in [-0.2, -0.15) is 13.7 Å². The van der Waals surface area contributed by atoms with E-state index >= 15 is 0 Å². The van der Waals surface area contributed by atoms with Crippen molar-refractivity contribution in [3.8, 4) is 28.7 Å². The first-order chi connectivity index (χ1) is 17.9. The maximum atomic E-state index is 13.6. The highest BCUT2D eigenvalue weighted by Crippen LogP contribution is 2.39. The van der Waals surface area contributed by atoms with Gasteiger partial charge in [-0.3, -0.25) is 9.78 Å². The van der Waals surface area contributed by atoms with E-state index in [-0.39, 0.29) is 34.0 Å². The molecular formula is C24H14F4N4O5S. The minimum atomic E-state index is -5.43. The fourth-order valence-corrected chi connectivity index (χ4v) is 4.72. The summed E-state index contributed by atoms with van der Waals surface area (Å²) in [5.41, 5.74) is 0.549. The Morgan fingerprint density at radius 3 is 2.55 bits per heavy atom. The number of aryl methyl sites for hydroxylation is 1. The number of ether oxygens (including phenoxy) is 1. The Kier molecular flexibility index (Phi) is 5.75. The summed E-state index contributed by atoms with van der Waals surface area (Å²) < 4.78 is 84.9. The summed E-state index contributed by atoms with van der Waals surface area (Å²) in [7, 11) is -5.43. The smallest absolute Gasteiger partial charge is 0.405 e. The summed E-state index contributed by atoms with van der Waals surface area (Å²) in [4.78, 5) is 20.4. The predicted molar refractivity (Wildman–Crippen MR) is 129 cm³/mol. The van der Waals surface area contributed by atoms with Gasteiger partial charge in [0, 0.05) is 34.8 Å². The van der Waals surface area contributed by atoms with Crippen molar-refractivity contribution >= 4 is 43.3 Å². The molecule has 5 aromatic rings. The molecule has 9 nitrogen and oxygen atoms in total. The Labute approximate surface area is 210 Å². The zero-order valence-corrected chi connectivity index (χ0v) is 19.9. The zero-order valence-electron chi connectivity index (χ0n) is 19.1. The van der Waals surface area contributed by atoms with Crippen LogP contribution in [0.2, 0.25) is 0 Å². The zero-order chi connectivity index (χ0) is 27.4. The van der Waals surface area contributed by atoms with Gasteiger partial charge in [0.05, 0.1) is 34.1 Å². The second kappa shape index (κ2) is 8.73. The minimum Gasteiger partial charge on any atom is -0.405 e. The minimum absolute atomic E-state index is 0.0840. The van der Waals surface area contributed by atoms with E-state index in [2.05, 4.69) is 18.9 Å². The van der Waals surface area contributed by atoms with Crippen molar-refractivity contribution < 1.29 is 34.4 Å². The maximum Gasteiger partial charge on any atom is 0.573 e. The van der Waals surface area contributed by atoms with Crippen LogP contribution in [0, 0.1) is 11.3 Å². The number of halogens is 4. The third kappa shape index (κ3) is 4.48. The molecule has 194 valence electrons. The van der Waals surface area contributed by atoms with Crippen LogP contribution in [-0.2, 0) is 17.0 Å². The Hall–Kier alpha value is -4.64. The molecule has 0 fully saturated rings. The van der Waals surface area contributed by atoms with Crippen molar-refractivity contribution in [3.05, 3.63) is 64.6 Å². The highest BCUT2D eigenvalue weighted by atomic mass is 32.3. The summed E-state index contributed by atoms with van der Waals surface area (Å²) in [5.74, 6) is -1.35. The van der Waals surface area contributed by atoms with E-state index in [0.717, 1.165) is 24.5 Å². The largest absolute Gasteiger partial charge is 0.573 e. The number of rotatable bonds is 5. The van der Waals surface area contributed by atoms with E-state index in [4.69, 9.17) is 0 Å². The van der Waals surface area contributed by atoms with Gasteiger partial charge in [0.2, 0.25) is 0 Å². The summed E-state index contributed by atoms with van der Waals surface area (Å²) >= 11 is 0. The first kappa shape index (κ1) is 25.0. The molecule has 0 bridgehead atoms. The molecule has 0 aliphatic heterocycles. The molecule has 0 unspecified atom stereocenters. The molecule has 0 saturated carbocycles. The van der Waals surface area contributed by atoms with Gasteiger partial charge in [-0.25, -0.2) is 0 Å². The van der Waals surface area contributed by atoms with Gasteiger partial charge in [-0.15, -0.1) is 13.2 Å². The summed E-state index contributed by atoms with van der Waals surface area (Å²) in [6, 6.07) is 9.83. The van der Waals surface area contributed by atoms with Crippen molar-refractivity contribution in [2.24, 2.45) is 0 Å². The number of benzene rings is 2. The monoisotopic (exact) mass is 546 g/mol. The molecule has 14 heteroatoms. The van der Waals surface area contributed by atoms with E-state index in [1.165, 1.54) is 12.1 Å². The van der Waals surface area contributed by atoms with Gasteiger partial charge >= 0.3 is 16.9 Å². The molecule has 1 N–H and O–H groups in total. The number of pyridine rings is 2. The molecule has 38 heavy (non-hydrogen) atoms. The number of nitrogens with one attached hydrogen (secondary N) is 1. The number of H-pyrrole nitrogens is 1. The first-order valence-electron chi connectivity index (χ1n) is 10.8. The van der Waals surface area contributed by atoms with Gasteiger partial charge in [0.1, 0.15) is 11.4 Å². The second-order valence-corrected chi connectivity index (χ2v) is 9.05. The Bertz CT molecular complexity index is 1970. The van der Waals surface area contributed by atoms with Crippen molar-refractivity contribution in [2.75, 3.05) is 0 Å². The lowest BCUT2D eigenvalue weighted by Gasteiger charge is -2.17. The van der Waals surface area contributed by atoms with Crippen molar-refractivity contribution in [3.63, 3.8) is 0 Å². The number of alkyl halides is 3. The van der Waals surface area contributed by atoms with Crippen LogP contribution in [0.1, 0.15) is 12.5 Å². The molecule has 0 saturated heterocycles. The number of aromatic nitrogens is 3. The first-order valence-corrected chi connectivity index (χ1v) is 12.1. The highest BCUT2D eigenvalue weighted by Gasteiger charge is 2.33. The SMILES string of the molecule is CCn1c2cc(-c3cncc(OS(=O)(=O)F)c3)c(OC(F)(F)F)cc2c(=O)c2c3ccc(C#N)cc3[nH]c21. The predicted octanol–water partition coefficient (Wildman–Crippen LogP) is 5.08. The van der Waals surface area contributed by atoms with E-state index < -0.39 is 33.8 Å². The summed E-state index contributed by atoms with van der Waals surface area (Å²) in [6.07, 6.45) is -3.19. The van der Waals surface area contributed by atoms with Crippen LogP contribution < -0.4 is 14.3 Å². The molecule has 0 spiro atoms. The van der Waals surface area contributed by atoms with Crippen molar-refractivity contribution in [1.29, 1.82) is 5.26 Å². The van der Waals surface area contributed by atoms with E-state index in [0.29, 0.717) is 22.1 Å². The van der Waals surface area contributed by atoms with Crippen LogP contribution in [-0.4, -0.2) is 29.3 Å². The van der Waals surface area contributed by atoms with Gasteiger partial charge in [0.15, 0.2) is 11.2 Å². The van der Waals surface area contributed by atoms with Gasteiger partial charge in [-0.05, 0) is 37.3 Å². The third-order valence-electron chi connectivity index (χ3n) is 5.80. The lowest BCUT2D eigenvalue weighted by Crippen LogP contribution is -2.18. The van der Waals surface area contributed by atoms with Gasteiger partial charge < -0.3 is 18.5 Å². The fraction of sp³-hybridized carbons (Fsp3) is 0.125. The second-order valence-electron chi connectivity index (χ2n) is 8.09. The van der Waals surface area contributed by atoms with Gasteiger partial charge in [0.25, 0.3) is 0 Å². The summed E-state index contributed by atoms with van der Waals surface area (Å²) in [6.45, 7) is 2.04. The molecule has 2 aromatic carbocycles. The van der Waals surface area contributed by atoms with Crippen molar-refractivity contribution in [2.45, 2.75) is 19.8 Å². The lowest BCUT2D eigenvalue weighted by atomic mass is 10.0. The van der Waals surface area contributed by atoms with E-state index in [9.17, 15) is 35.5 Å². The molecule has 0 atom stereocenters. The lowest BCUT2D eigenvalue weighted by molar-refractivity contribution is -0.274. The molecular weight excluding hydrogens is 532 g/mol. The Morgan fingerprint density at radius 2 is 1.89 bits per heavy atom.